The van der Waals surface area contributed by atoms with Gasteiger partial charge in [0.15, 0.2) is 0 Å². The number of nitrogens with one attached hydrogen (secondary N) is 1. The van der Waals surface area contributed by atoms with Crippen molar-refractivity contribution >= 4 is 22.9 Å². The normalized spacial score (nSPS) is 12.8. The standard InChI is InChI=1S/C13H19N3S2/c1-3-6-11-13(18-16-15-11)12(14-4-2)9-10-7-5-8-17-10/h5,7-8,12,14H,3-4,6,9H2,1-2H3. The van der Waals surface area contributed by atoms with Crippen molar-refractivity contribution in [1.82, 2.24) is 14.9 Å². The smallest absolute Gasteiger partial charge is 0.0803 e. The lowest BCUT2D eigenvalue weighted by Gasteiger charge is -2.16. The molecule has 1 N–H and O–H groups in total. The largest absolute Gasteiger partial charge is 0.309 e. The molecule has 3 nitrogen and oxygen atoms in total. The predicted molar refractivity (Wildman–Crippen MR) is 78.3 cm³/mol. The quantitative estimate of drug-likeness (QED) is 0.844. The molecule has 1 unspecified atom stereocenters. The van der Waals surface area contributed by atoms with Gasteiger partial charge in [0.25, 0.3) is 0 Å². The molecule has 0 aromatic carbocycles. The Labute approximate surface area is 116 Å². The average Bonchev–Trinajstić information content (AvgIpc) is 3.00. The third kappa shape index (κ3) is 3.37. The van der Waals surface area contributed by atoms with E-state index in [9.17, 15) is 0 Å². The Balaban J connectivity index is 2.15. The van der Waals surface area contributed by atoms with Gasteiger partial charge in [-0.05, 0) is 35.9 Å². The molecule has 2 heterocycles. The molecular formula is C13H19N3S2. The van der Waals surface area contributed by atoms with Crippen LogP contribution in [-0.2, 0) is 12.8 Å². The predicted octanol–water partition coefficient (Wildman–Crippen LogP) is 3.45. The van der Waals surface area contributed by atoms with Crippen LogP contribution in [0.5, 0.6) is 0 Å². The van der Waals surface area contributed by atoms with Crippen LogP contribution >= 0.6 is 22.9 Å². The monoisotopic (exact) mass is 281 g/mol. The molecule has 0 fully saturated rings. The maximum atomic E-state index is 4.27. The van der Waals surface area contributed by atoms with Crippen LogP contribution in [0.2, 0.25) is 0 Å². The van der Waals surface area contributed by atoms with Crippen molar-refractivity contribution in [3.05, 3.63) is 33.0 Å². The lowest BCUT2D eigenvalue weighted by molar-refractivity contribution is 0.555. The van der Waals surface area contributed by atoms with E-state index in [0.29, 0.717) is 6.04 Å². The Hall–Kier alpha value is -0.780. The van der Waals surface area contributed by atoms with E-state index < -0.39 is 0 Å². The Bertz CT molecular complexity index is 451. The highest BCUT2D eigenvalue weighted by Gasteiger charge is 2.18. The second-order valence-corrected chi connectivity index (χ2v) is 6.05. The minimum absolute atomic E-state index is 0.357. The minimum Gasteiger partial charge on any atom is -0.309 e. The molecule has 18 heavy (non-hydrogen) atoms. The zero-order chi connectivity index (χ0) is 12.8. The summed E-state index contributed by atoms with van der Waals surface area (Å²) in [4.78, 5) is 2.73. The Kier molecular flexibility index (Phi) is 5.28. The summed E-state index contributed by atoms with van der Waals surface area (Å²) in [6, 6.07) is 4.67. The van der Waals surface area contributed by atoms with E-state index in [1.54, 1.807) is 11.5 Å². The van der Waals surface area contributed by atoms with Gasteiger partial charge in [-0.15, -0.1) is 16.4 Å². The highest BCUT2D eigenvalue weighted by molar-refractivity contribution is 7.10. The second kappa shape index (κ2) is 6.97. The van der Waals surface area contributed by atoms with Crippen molar-refractivity contribution in [3.63, 3.8) is 0 Å². The topological polar surface area (TPSA) is 37.8 Å². The lowest BCUT2D eigenvalue weighted by atomic mass is 10.1. The van der Waals surface area contributed by atoms with Crippen molar-refractivity contribution in [1.29, 1.82) is 0 Å². The maximum Gasteiger partial charge on any atom is 0.0803 e. The van der Waals surface area contributed by atoms with Crippen molar-refractivity contribution < 1.29 is 0 Å². The molecule has 0 radical (unpaired) electrons. The summed E-state index contributed by atoms with van der Waals surface area (Å²) in [6.07, 6.45) is 3.18. The Morgan fingerprint density at radius 3 is 2.94 bits per heavy atom. The summed E-state index contributed by atoms with van der Waals surface area (Å²) in [5.74, 6) is 0. The first-order valence-electron chi connectivity index (χ1n) is 6.42. The van der Waals surface area contributed by atoms with Gasteiger partial charge in [0.1, 0.15) is 0 Å². The summed E-state index contributed by atoms with van der Waals surface area (Å²) < 4.78 is 4.13. The molecular weight excluding hydrogens is 262 g/mol. The number of aromatic nitrogens is 2. The zero-order valence-corrected chi connectivity index (χ0v) is 12.5. The van der Waals surface area contributed by atoms with Crippen LogP contribution in [0.1, 0.15) is 41.8 Å². The van der Waals surface area contributed by atoms with Crippen molar-refractivity contribution in [3.8, 4) is 0 Å². The molecule has 98 valence electrons. The second-order valence-electron chi connectivity index (χ2n) is 4.23. The summed E-state index contributed by atoms with van der Waals surface area (Å²) in [5.41, 5.74) is 1.17. The van der Waals surface area contributed by atoms with Gasteiger partial charge in [0.05, 0.1) is 10.6 Å². The molecule has 2 rings (SSSR count). The number of likely N-dealkylation sites (N-methyl/N-ethyl adjacent to an activating group) is 1. The van der Waals surface area contributed by atoms with Crippen molar-refractivity contribution in [2.45, 2.75) is 39.2 Å². The fourth-order valence-electron chi connectivity index (χ4n) is 2.02. The summed E-state index contributed by atoms with van der Waals surface area (Å²) in [6.45, 7) is 5.31. The SMILES string of the molecule is CCCc1nnsc1C(Cc1cccs1)NCC. The molecule has 5 heteroatoms. The zero-order valence-electron chi connectivity index (χ0n) is 10.8. The van der Waals surface area contributed by atoms with Gasteiger partial charge in [-0.3, -0.25) is 0 Å². The van der Waals surface area contributed by atoms with E-state index in [1.165, 1.54) is 15.4 Å². The number of hydrogen-bond donors (Lipinski definition) is 1. The van der Waals surface area contributed by atoms with E-state index in [4.69, 9.17) is 0 Å². The van der Waals surface area contributed by atoms with Crippen LogP contribution in [0.3, 0.4) is 0 Å². The highest BCUT2D eigenvalue weighted by Crippen LogP contribution is 2.26. The van der Waals surface area contributed by atoms with Gasteiger partial charge in [-0.25, -0.2) is 0 Å². The van der Waals surface area contributed by atoms with Crippen LogP contribution in [0.15, 0.2) is 17.5 Å². The molecule has 0 aliphatic carbocycles. The van der Waals surface area contributed by atoms with E-state index in [2.05, 4.69) is 46.3 Å². The Morgan fingerprint density at radius 2 is 2.28 bits per heavy atom. The average molecular weight is 281 g/mol. The molecule has 0 aliphatic heterocycles. The number of hydrogen-bond acceptors (Lipinski definition) is 5. The number of rotatable bonds is 7. The number of aryl methyl sites for hydroxylation is 1. The molecule has 0 saturated heterocycles. The van der Waals surface area contributed by atoms with E-state index in [-0.39, 0.29) is 0 Å². The van der Waals surface area contributed by atoms with Crippen molar-refractivity contribution in [2.24, 2.45) is 0 Å². The van der Waals surface area contributed by atoms with E-state index in [1.807, 2.05) is 11.3 Å². The molecule has 0 amide bonds. The lowest BCUT2D eigenvalue weighted by Crippen LogP contribution is -2.22. The Morgan fingerprint density at radius 1 is 1.39 bits per heavy atom. The summed E-state index contributed by atoms with van der Waals surface area (Å²) in [5, 5.41) is 9.96. The molecule has 0 bridgehead atoms. The fourth-order valence-corrected chi connectivity index (χ4v) is 3.55. The van der Waals surface area contributed by atoms with Gasteiger partial charge in [-0.1, -0.05) is 30.8 Å². The maximum absolute atomic E-state index is 4.27. The minimum atomic E-state index is 0.357. The van der Waals surface area contributed by atoms with Gasteiger partial charge in [0.2, 0.25) is 0 Å². The van der Waals surface area contributed by atoms with Gasteiger partial charge in [0, 0.05) is 17.3 Å². The van der Waals surface area contributed by atoms with Crippen LogP contribution in [0.4, 0.5) is 0 Å². The first-order valence-corrected chi connectivity index (χ1v) is 8.07. The third-order valence-electron chi connectivity index (χ3n) is 2.82. The van der Waals surface area contributed by atoms with Gasteiger partial charge >= 0.3 is 0 Å². The van der Waals surface area contributed by atoms with Crippen LogP contribution in [0.25, 0.3) is 0 Å². The van der Waals surface area contributed by atoms with Crippen LogP contribution in [0, 0.1) is 0 Å². The van der Waals surface area contributed by atoms with Crippen LogP contribution < -0.4 is 5.32 Å². The number of nitrogens with zero attached hydrogens (tertiary/aromatic N) is 2. The highest BCUT2D eigenvalue weighted by atomic mass is 32.1. The summed E-state index contributed by atoms with van der Waals surface area (Å²) >= 11 is 3.36. The molecule has 2 aromatic heterocycles. The molecule has 0 saturated carbocycles. The summed E-state index contributed by atoms with van der Waals surface area (Å²) in [7, 11) is 0. The molecule has 0 aliphatic rings. The van der Waals surface area contributed by atoms with E-state index >= 15 is 0 Å². The third-order valence-corrected chi connectivity index (χ3v) is 4.60. The molecule has 2 aromatic rings. The van der Waals surface area contributed by atoms with Gasteiger partial charge < -0.3 is 5.32 Å². The first-order chi connectivity index (χ1) is 8.85. The first kappa shape index (κ1) is 13.6. The molecule has 1 atom stereocenters. The molecule has 0 spiro atoms. The fraction of sp³-hybridized carbons (Fsp3) is 0.538. The van der Waals surface area contributed by atoms with E-state index in [0.717, 1.165) is 25.8 Å². The number of thiophene rings is 1. The van der Waals surface area contributed by atoms with Crippen LogP contribution in [-0.4, -0.2) is 16.1 Å². The van der Waals surface area contributed by atoms with Crippen molar-refractivity contribution in [2.75, 3.05) is 6.54 Å². The van der Waals surface area contributed by atoms with Gasteiger partial charge in [-0.2, -0.15) is 0 Å².